The highest BCUT2D eigenvalue weighted by molar-refractivity contribution is 7.89. The molecule has 0 aliphatic rings. The Morgan fingerprint density at radius 1 is 0.947 bits per heavy atom. The minimum Gasteiger partial charge on any atom is -0.208 e. The molecule has 0 radical (unpaired) electrons. The summed E-state index contributed by atoms with van der Waals surface area (Å²) in [5.74, 6) is 0.254. The molecule has 2 rings (SSSR count). The van der Waals surface area contributed by atoms with Crippen LogP contribution in [0, 0.1) is 5.92 Å². The topological polar surface area (TPSA) is 46.2 Å². The molecule has 1 N–H and O–H groups in total. The number of rotatable bonds is 4. The van der Waals surface area contributed by atoms with E-state index >= 15 is 0 Å². The third-order valence-corrected chi connectivity index (χ3v) is 5.00. The van der Waals surface area contributed by atoms with E-state index in [1.54, 1.807) is 12.1 Å². The van der Waals surface area contributed by atoms with E-state index in [2.05, 4.69) is 4.72 Å². The molecule has 1 atom stereocenters. The average molecular weight is 277 g/mol. The SMILES string of the molecule is CC(C)C(C)NS(=O)(=O)c1cccc2ccccc12. The van der Waals surface area contributed by atoms with Crippen LogP contribution < -0.4 is 4.72 Å². The van der Waals surface area contributed by atoms with Gasteiger partial charge in [0.2, 0.25) is 10.0 Å². The van der Waals surface area contributed by atoms with Crippen LogP contribution in [0.25, 0.3) is 10.8 Å². The second-order valence-electron chi connectivity index (χ2n) is 5.13. The summed E-state index contributed by atoms with van der Waals surface area (Å²) >= 11 is 0. The maximum atomic E-state index is 12.4. The largest absolute Gasteiger partial charge is 0.241 e. The molecule has 0 aliphatic carbocycles. The monoisotopic (exact) mass is 277 g/mol. The van der Waals surface area contributed by atoms with E-state index in [0.29, 0.717) is 4.90 Å². The molecule has 0 heterocycles. The first kappa shape index (κ1) is 14.0. The predicted molar refractivity (Wildman–Crippen MR) is 78.6 cm³/mol. The zero-order chi connectivity index (χ0) is 14.0. The average Bonchev–Trinajstić information content (AvgIpc) is 2.37. The Kier molecular flexibility index (Phi) is 3.92. The Balaban J connectivity index is 2.49. The second-order valence-corrected chi connectivity index (χ2v) is 6.81. The highest BCUT2D eigenvalue weighted by atomic mass is 32.2. The summed E-state index contributed by atoms with van der Waals surface area (Å²) in [6.45, 7) is 5.87. The van der Waals surface area contributed by atoms with Gasteiger partial charge in [-0.25, -0.2) is 13.1 Å². The molecule has 1 unspecified atom stereocenters. The van der Waals surface area contributed by atoms with Gasteiger partial charge in [0.1, 0.15) is 0 Å². The van der Waals surface area contributed by atoms with E-state index in [1.807, 2.05) is 51.1 Å². The van der Waals surface area contributed by atoms with Gasteiger partial charge in [0.05, 0.1) is 4.90 Å². The zero-order valence-corrected chi connectivity index (χ0v) is 12.2. The Hall–Kier alpha value is -1.39. The molecule has 102 valence electrons. The van der Waals surface area contributed by atoms with Crippen LogP contribution in [0.1, 0.15) is 20.8 Å². The molecule has 0 spiro atoms. The van der Waals surface area contributed by atoms with Crippen LogP contribution >= 0.6 is 0 Å². The first-order chi connectivity index (χ1) is 8.92. The first-order valence-electron chi connectivity index (χ1n) is 6.42. The lowest BCUT2D eigenvalue weighted by Gasteiger charge is -2.18. The third kappa shape index (κ3) is 2.96. The lowest BCUT2D eigenvalue weighted by molar-refractivity contribution is 0.477. The fourth-order valence-electron chi connectivity index (χ4n) is 1.87. The van der Waals surface area contributed by atoms with Crippen molar-refractivity contribution in [2.24, 2.45) is 5.92 Å². The van der Waals surface area contributed by atoms with Crippen molar-refractivity contribution >= 4 is 20.8 Å². The quantitative estimate of drug-likeness (QED) is 0.933. The lowest BCUT2D eigenvalue weighted by Crippen LogP contribution is -2.36. The van der Waals surface area contributed by atoms with Crippen molar-refractivity contribution in [2.45, 2.75) is 31.7 Å². The van der Waals surface area contributed by atoms with Gasteiger partial charge >= 0.3 is 0 Å². The van der Waals surface area contributed by atoms with Crippen molar-refractivity contribution < 1.29 is 8.42 Å². The molecular weight excluding hydrogens is 258 g/mol. The number of fused-ring (bicyclic) bond motifs is 1. The predicted octanol–water partition coefficient (Wildman–Crippen LogP) is 3.16. The van der Waals surface area contributed by atoms with Gasteiger partial charge in [-0.15, -0.1) is 0 Å². The number of hydrogen-bond acceptors (Lipinski definition) is 2. The number of benzene rings is 2. The van der Waals surface area contributed by atoms with Crippen molar-refractivity contribution in [1.82, 2.24) is 4.72 Å². The number of nitrogens with one attached hydrogen (secondary N) is 1. The van der Waals surface area contributed by atoms with Gasteiger partial charge in [-0.1, -0.05) is 50.2 Å². The van der Waals surface area contributed by atoms with Gasteiger partial charge in [-0.3, -0.25) is 0 Å². The Bertz CT molecular complexity index is 672. The van der Waals surface area contributed by atoms with Crippen LogP contribution in [0.5, 0.6) is 0 Å². The smallest absolute Gasteiger partial charge is 0.208 e. The molecule has 2 aromatic rings. The van der Waals surface area contributed by atoms with E-state index in [9.17, 15) is 8.42 Å². The van der Waals surface area contributed by atoms with Crippen LogP contribution in [0.3, 0.4) is 0 Å². The molecule has 0 aliphatic heterocycles. The third-order valence-electron chi connectivity index (χ3n) is 3.38. The summed E-state index contributed by atoms with van der Waals surface area (Å²) in [7, 11) is -3.48. The van der Waals surface area contributed by atoms with Crippen LogP contribution in [0.2, 0.25) is 0 Å². The van der Waals surface area contributed by atoms with Crippen LogP contribution in [0.15, 0.2) is 47.4 Å². The molecule has 4 heteroatoms. The van der Waals surface area contributed by atoms with Crippen molar-refractivity contribution in [3.8, 4) is 0 Å². The highest BCUT2D eigenvalue weighted by Gasteiger charge is 2.20. The van der Waals surface area contributed by atoms with Crippen LogP contribution in [-0.2, 0) is 10.0 Å². The molecule has 19 heavy (non-hydrogen) atoms. The standard InChI is InChI=1S/C15H19NO2S/c1-11(2)12(3)16-19(17,18)15-10-6-8-13-7-4-5-9-14(13)15/h4-12,16H,1-3H3. The van der Waals surface area contributed by atoms with Crippen LogP contribution in [0.4, 0.5) is 0 Å². The molecule has 0 saturated heterocycles. The van der Waals surface area contributed by atoms with Gasteiger partial charge < -0.3 is 0 Å². The summed E-state index contributed by atoms with van der Waals surface area (Å²) < 4.78 is 27.6. The molecule has 0 aromatic heterocycles. The van der Waals surface area contributed by atoms with Gasteiger partial charge in [0.15, 0.2) is 0 Å². The molecule has 0 bridgehead atoms. The van der Waals surface area contributed by atoms with E-state index < -0.39 is 10.0 Å². The van der Waals surface area contributed by atoms with Crippen LogP contribution in [-0.4, -0.2) is 14.5 Å². The zero-order valence-electron chi connectivity index (χ0n) is 11.4. The maximum Gasteiger partial charge on any atom is 0.241 e. The van der Waals surface area contributed by atoms with E-state index in [-0.39, 0.29) is 12.0 Å². The second kappa shape index (κ2) is 5.31. The van der Waals surface area contributed by atoms with Crippen molar-refractivity contribution in [3.63, 3.8) is 0 Å². The Labute approximate surface area is 114 Å². The Morgan fingerprint density at radius 2 is 1.58 bits per heavy atom. The summed E-state index contributed by atoms with van der Waals surface area (Å²) in [4.78, 5) is 0.345. The molecule has 0 amide bonds. The van der Waals surface area contributed by atoms with Gasteiger partial charge in [0.25, 0.3) is 0 Å². The maximum absolute atomic E-state index is 12.4. The lowest BCUT2D eigenvalue weighted by atomic mass is 10.1. The number of hydrogen-bond donors (Lipinski definition) is 1. The number of sulfonamides is 1. The molecule has 0 fully saturated rings. The van der Waals surface area contributed by atoms with Crippen molar-refractivity contribution in [3.05, 3.63) is 42.5 Å². The summed E-state index contributed by atoms with van der Waals surface area (Å²) in [5, 5.41) is 1.69. The van der Waals surface area contributed by atoms with Gasteiger partial charge in [-0.2, -0.15) is 0 Å². The van der Waals surface area contributed by atoms with E-state index in [4.69, 9.17) is 0 Å². The van der Waals surface area contributed by atoms with Crippen molar-refractivity contribution in [1.29, 1.82) is 0 Å². The highest BCUT2D eigenvalue weighted by Crippen LogP contribution is 2.23. The van der Waals surface area contributed by atoms with E-state index in [0.717, 1.165) is 10.8 Å². The molecule has 0 saturated carbocycles. The Morgan fingerprint density at radius 3 is 2.26 bits per heavy atom. The minimum absolute atomic E-state index is 0.0935. The molecular formula is C15H19NO2S. The summed E-state index contributed by atoms with van der Waals surface area (Å²) in [5.41, 5.74) is 0. The summed E-state index contributed by atoms with van der Waals surface area (Å²) in [6.07, 6.45) is 0. The molecule has 2 aromatic carbocycles. The van der Waals surface area contributed by atoms with Gasteiger partial charge in [-0.05, 0) is 24.3 Å². The van der Waals surface area contributed by atoms with E-state index in [1.165, 1.54) is 0 Å². The summed E-state index contributed by atoms with van der Waals surface area (Å²) in [6, 6.07) is 12.8. The van der Waals surface area contributed by atoms with Gasteiger partial charge in [0, 0.05) is 11.4 Å². The molecule has 3 nitrogen and oxygen atoms in total. The normalized spacial score (nSPS) is 13.9. The fourth-order valence-corrected chi connectivity index (χ4v) is 3.50. The minimum atomic E-state index is -3.48. The fraction of sp³-hybridized carbons (Fsp3) is 0.333. The first-order valence-corrected chi connectivity index (χ1v) is 7.90. The van der Waals surface area contributed by atoms with Crippen molar-refractivity contribution in [2.75, 3.05) is 0 Å².